The van der Waals surface area contributed by atoms with Crippen molar-refractivity contribution < 1.29 is 4.42 Å². The molecular weight excluding hydrogens is 364 g/mol. The number of piperidine rings is 2. The van der Waals surface area contributed by atoms with Gasteiger partial charge in [-0.15, -0.1) is 0 Å². The van der Waals surface area contributed by atoms with Crippen LogP contribution in [0.2, 0.25) is 0 Å². The molecule has 162 valence electrons. The molecule has 7 nitrogen and oxygen atoms in total. The van der Waals surface area contributed by atoms with Crippen LogP contribution in [-0.2, 0) is 6.54 Å². The van der Waals surface area contributed by atoms with Crippen LogP contribution in [0.5, 0.6) is 0 Å². The van der Waals surface area contributed by atoms with Crippen molar-refractivity contribution >= 4 is 5.96 Å². The molecule has 3 fully saturated rings. The average molecular weight is 403 g/mol. The van der Waals surface area contributed by atoms with Gasteiger partial charge in [0.25, 0.3) is 0 Å². The van der Waals surface area contributed by atoms with Crippen LogP contribution >= 0.6 is 0 Å². The van der Waals surface area contributed by atoms with E-state index in [1.54, 1.807) is 0 Å². The first-order chi connectivity index (χ1) is 14.1. The second-order valence-electron chi connectivity index (χ2n) is 9.11. The molecule has 0 unspecified atom stereocenters. The zero-order valence-corrected chi connectivity index (χ0v) is 18.4. The summed E-state index contributed by atoms with van der Waals surface area (Å²) in [5.41, 5.74) is 1.01. The summed E-state index contributed by atoms with van der Waals surface area (Å²) < 4.78 is 5.74. The number of aryl methyl sites for hydroxylation is 2. The molecule has 2 aliphatic heterocycles. The van der Waals surface area contributed by atoms with E-state index in [9.17, 15) is 0 Å². The summed E-state index contributed by atoms with van der Waals surface area (Å²) in [6, 6.07) is 1.46. The molecule has 1 saturated carbocycles. The number of nitrogens with zero attached hydrogens (tertiary/aromatic N) is 4. The third-order valence-electron chi connectivity index (χ3n) is 6.85. The van der Waals surface area contributed by atoms with Crippen LogP contribution in [0.15, 0.2) is 9.41 Å². The minimum absolute atomic E-state index is 0.561. The number of likely N-dealkylation sites (tertiary alicyclic amines) is 2. The van der Waals surface area contributed by atoms with Gasteiger partial charge >= 0.3 is 0 Å². The summed E-state index contributed by atoms with van der Waals surface area (Å²) in [6.07, 6.45) is 7.71. The summed E-state index contributed by atoms with van der Waals surface area (Å²) in [5, 5.41) is 7.24. The maximum atomic E-state index is 5.74. The van der Waals surface area contributed by atoms with Gasteiger partial charge in [-0.2, -0.15) is 0 Å². The van der Waals surface area contributed by atoms with Gasteiger partial charge in [0.05, 0.1) is 12.2 Å². The molecule has 1 aromatic heterocycles. The van der Waals surface area contributed by atoms with E-state index in [1.165, 1.54) is 51.6 Å². The predicted molar refractivity (Wildman–Crippen MR) is 116 cm³/mol. The highest BCUT2D eigenvalue weighted by atomic mass is 16.4. The zero-order valence-electron chi connectivity index (χ0n) is 18.4. The van der Waals surface area contributed by atoms with Crippen LogP contribution in [0.25, 0.3) is 0 Å². The lowest BCUT2D eigenvalue weighted by Crippen LogP contribution is -2.50. The Hall–Kier alpha value is -1.60. The highest BCUT2D eigenvalue weighted by Gasteiger charge is 2.32. The Morgan fingerprint density at radius 3 is 2.38 bits per heavy atom. The molecule has 2 saturated heterocycles. The molecule has 0 bridgehead atoms. The average Bonchev–Trinajstić information content (AvgIpc) is 3.53. The minimum Gasteiger partial charge on any atom is -0.444 e. The molecule has 4 rings (SSSR count). The Morgan fingerprint density at radius 1 is 1.07 bits per heavy atom. The molecule has 0 atom stereocenters. The lowest BCUT2D eigenvalue weighted by Gasteiger charge is -2.34. The van der Waals surface area contributed by atoms with Crippen LogP contribution in [-0.4, -0.2) is 72.6 Å². The van der Waals surface area contributed by atoms with Crippen molar-refractivity contribution in [1.82, 2.24) is 25.4 Å². The maximum absolute atomic E-state index is 5.74. The van der Waals surface area contributed by atoms with Crippen molar-refractivity contribution in [1.29, 1.82) is 0 Å². The number of aliphatic imine (C=N–C) groups is 1. The van der Waals surface area contributed by atoms with E-state index in [-0.39, 0.29) is 0 Å². The molecule has 0 aromatic carbocycles. The van der Waals surface area contributed by atoms with Gasteiger partial charge in [-0.3, -0.25) is 9.89 Å². The molecule has 1 aliphatic carbocycles. The lowest BCUT2D eigenvalue weighted by molar-refractivity contribution is 0.164. The third-order valence-corrected chi connectivity index (χ3v) is 6.85. The highest BCUT2D eigenvalue weighted by molar-refractivity contribution is 5.79. The number of aromatic nitrogens is 1. The van der Waals surface area contributed by atoms with Crippen LogP contribution in [0.4, 0.5) is 0 Å². The summed E-state index contributed by atoms with van der Waals surface area (Å²) in [5.74, 6) is 3.47. The van der Waals surface area contributed by atoms with E-state index in [4.69, 9.17) is 4.42 Å². The van der Waals surface area contributed by atoms with Crippen LogP contribution in [0, 0.1) is 19.8 Å². The van der Waals surface area contributed by atoms with Gasteiger partial charge in [-0.25, -0.2) is 4.98 Å². The van der Waals surface area contributed by atoms with E-state index in [1.807, 2.05) is 20.9 Å². The second-order valence-corrected chi connectivity index (χ2v) is 9.11. The van der Waals surface area contributed by atoms with E-state index in [0.29, 0.717) is 12.0 Å². The highest BCUT2D eigenvalue weighted by Crippen LogP contribution is 2.29. The van der Waals surface area contributed by atoms with Gasteiger partial charge in [0.2, 0.25) is 5.89 Å². The second kappa shape index (κ2) is 9.47. The van der Waals surface area contributed by atoms with Crippen LogP contribution < -0.4 is 10.6 Å². The van der Waals surface area contributed by atoms with Crippen molar-refractivity contribution in [2.45, 2.75) is 71.0 Å². The third kappa shape index (κ3) is 5.72. The van der Waals surface area contributed by atoms with Crippen LogP contribution in [0.1, 0.15) is 55.9 Å². The van der Waals surface area contributed by atoms with Gasteiger partial charge < -0.3 is 20.0 Å². The fraction of sp³-hybridized carbons (Fsp3) is 0.818. The summed E-state index contributed by atoms with van der Waals surface area (Å²) in [7, 11) is 1.89. The van der Waals surface area contributed by atoms with Gasteiger partial charge in [-0.05, 0) is 71.4 Å². The topological polar surface area (TPSA) is 68.9 Å². The first-order valence-electron chi connectivity index (χ1n) is 11.5. The predicted octanol–water partition coefficient (Wildman–Crippen LogP) is 2.30. The van der Waals surface area contributed by atoms with E-state index in [0.717, 1.165) is 55.5 Å². The Balaban J connectivity index is 1.13. The zero-order chi connectivity index (χ0) is 20.2. The first-order valence-corrected chi connectivity index (χ1v) is 11.5. The number of guanidine groups is 1. The Bertz CT molecular complexity index is 662. The van der Waals surface area contributed by atoms with Gasteiger partial charge in [-0.1, -0.05) is 0 Å². The van der Waals surface area contributed by atoms with Crippen molar-refractivity contribution in [3.05, 3.63) is 17.3 Å². The molecule has 0 radical (unpaired) electrons. The molecule has 3 aliphatic rings. The maximum Gasteiger partial charge on any atom is 0.208 e. The minimum atomic E-state index is 0.561. The largest absolute Gasteiger partial charge is 0.444 e. The number of nitrogens with one attached hydrogen (secondary N) is 2. The summed E-state index contributed by atoms with van der Waals surface area (Å²) in [4.78, 5) is 14.1. The molecule has 29 heavy (non-hydrogen) atoms. The molecule has 0 spiro atoms. The van der Waals surface area contributed by atoms with Crippen LogP contribution in [0.3, 0.4) is 0 Å². The first kappa shape index (κ1) is 20.7. The molecule has 0 amide bonds. The fourth-order valence-corrected chi connectivity index (χ4v) is 4.62. The monoisotopic (exact) mass is 402 g/mol. The van der Waals surface area contributed by atoms with E-state index < -0.39 is 0 Å². The van der Waals surface area contributed by atoms with Gasteiger partial charge in [0.1, 0.15) is 5.76 Å². The van der Waals surface area contributed by atoms with Crippen molar-refractivity contribution in [2.24, 2.45) is 10.9 Å². The number of hydrogen-bond acceptors (Lipinski definition) is 5. The molecule has 7 heteroatoms. The van der Waals surface area contributed by atoms with Gasteiger partial charge in [0, 0.05) is 38.8 Å². The SMILES string of the molecule is CN=C(NCC1CCN(Cc2nc(C)c(C)o2)CC1)NC1CCN(C2CC2)CC1. The Kier molecular flexibility index (Phi) is 6.75. The van der Waals surface area contributed by atoms with E-state index in [2.05, 4.69) is 30.4 Å². The van der Waals surface area contributed by atoms with Gasteiger partial charge in [0.15, 0.2) is 5.96 Å². The fourth-order valence-electron chi connectivity index (χ4n) is 4.62. The number of hydrogen-bond donors (Lipinski definition) is 2. The molecule has 1 aromatic rings. The summed E-state index contributed by atoms with van der Waals surface area (Å²) >= 11 is 0. The quantitative estimate of drug-likeness (QED) is 0.562. The van der Waals surface area contributed by atoms with Crippen molar-refractivity contribution in [3.8, 4) is 0 Å². The molecule has 3 heterocycles. The van der Waals surface area contributed by atoms with Crippen molar-refractivity contribution in [3.63, 3.8) is 0 Å². The lowest BCUT2D eigenvalue weighted by atomic mass is 9.97. The van der Waals surface area contributed by atoms with Crippen molar-refractivity contribution in [2.75, 3.05) is 39.8 Å². The number of oxazole rings is 1. The summed E-state index contributed by atoms with van der Waals surface area (Å²) in [6.45, 7) is 10.5. The molecular formula is C22H38N6O. The van der Waals surface area contributed by atoms with E-state index >= 15 is 0 Å². The normalized spacial score (nSPS) is 23.5. The molecule has 2 N–H and O–H groups in total. The standard InChI is InChI=1S/C22H38N6O/c1-16-17(2)29-21(25-16)15-27-10-6-18(7-11-27)14-24-22(23-3)26-19-8-12-28(13-9-19)20-4-5-20/h18-20H,4-15H2,1-3H3,(H2,23,24,26). The Morgan fingerprint density at radius 2 is 1.79 bits per heavy atom. The number of rotatable bonds is 6. The Labute approximate surface area is 175 Å². The smallest absolute Gasteiger partial charge is 0.208 e.